The fourth-order valence-electron chi connectivity index (χ4n) is 2.43. The van der Waals surface area contributed by atoms with Gasteiger partial charge in [0.1, 0.15) is 0 Å². The molecule has 1 aliphatic rings. The first-order chi connectivity index (χ1) is 11.7. The Morgan fingerprint density at radius 3 is 2.71 bits per heavy atom. The lowest BCUT2D eigenvalue weighted by molar-refractivity contribution is -0.111. The highest BCUT2D eigenvalue weighted by molar-refractivity contribution is 7.08. The Morgan fingerprint density at radius 1 is 1.17 bits per heavy atom. The second-order valence-electron chi connectivity index (χ2n) is 5.33. The predicted octanol–water partition coefficient (Wildman–Crippen LogP) is 2.87. The number of hydrogen-bond donors (Lipinski definition) is 1. The molecule has 0 aliphatic carbocycles. The molecule has 0 spiro atoms. The Bertz CT molecular complexity index is 734. The molecule has 0 bridgehead atoms. The van der Waals surface area contributed by atoms with Crippen molar-refractivity contribution in [2.75, 3.05) is 31.6 Å². The van der Waals surface area contributed by atoms with E-state index in [-0.39, 0.29) is 11.8 Å². The molecule has 0 saturated carbocycles. The largest absolute Gasteiger partial charge is 0.378 e. The van der Waals surface area contributed by atoms with Crippen LogP contribution in [0.2, 0.25) is 0 Å². The quantitative estimate of drug-likeness (QED) is 0.869. The van der Waals surface area contributed by atoms with Gasteiger partial charge in [-0.05, 0) is 40.6 Å². The summed E-state index contributed by atoms with van der Waals surface area (Å²) in [6.07, 6.45) is 3.22. The number of amides is 2. The van der Waals surface area contributed by atoms with Crippen molar-refractivity contribution in [3.05, 3.63) is 58.3 Å². The lowest BCUT2D eigenvalue weighted by Crippen LogP contribution is -2.41. The monoisotopic (exact) mass is 342 g/mol. The highest BCUT2D eigenvalue weighted by Crippen LogP contribution is 2.18. The number of carbonyl (C=O) groups is 2. The van der Waals surface area contributed by atoms with E-state index in [0.29, 0.717) is 37.6 Å². The first-order valence-electron chi connectivity index (χ1n) is 7.71. The molecule has 0 atom stereocenters. The van der Waals surface area contributed by atoms with Crippen molar-refractivity contribution in [3.63, 3.8) is 0 Å². The highest BCUT2D eigenvalue weighted by atomic mass is 32.1. The lowest BCUT2D eigenvalue weighted by Gasteiger charge is -2.27. The van der Waals surface area contributed by atoms with Gasteiger partial charge in [0.05, 0.1) is 24.5 Å². The fourth-order valence-corrected chi connectivity index (χ4v) is 3.06. The number of morpholine rings is 1. The van der Waals surface area contributed by atoms with Gasteiger partial charge in [-0.15, -0.1) is 0 Å². The van der Waals surface area contributed by atoms with Gasteiger partial charge in [-0.25, -0.2) is 0 Å². The van der Waals surface area contributed by atoms with E-state index < -0.39 is 0 Å². The van der Waals surface area contributed by atoms with Crippen LogP contribution in [0.15, 0.2) is 47.2 Å². The molecule has 5 nitrogen and oxygen atoms in total. The maximum atomic E-state index is 12.6. The van der Waals surface area contributed by atoms with Gasteiger partial charge in [0.2, 0.25) is 5.91 Å². The molecule has 6 heteroatoms. The summed E-state index contributed by atoms with van der Waals surface area (Å²) in [5, 5.41) is 6.70. The third-order valence-corrected chi connectivity index (χ3v) is 4.39. The van der Waals surface area contributed by atoms with E-state index in [2.05, 4.69) is 5.32 Å². The number of nitrogens with zero attached hydrogens (tertiary/aromatic N) is 1. The molecule has 1 N–H and O–H groups in total. The lowest BCUT2D eigenvalue weighted by atomic mass is 10.1. The molecule has 1 fully saturated rings. The van der Waals surface area contributed by atoms with Crippen molar-refractivity contribution in [1.29, 1.82) is 0 Å². The van der Waals surface area contributed by atoms with Crippen molar-refractivity contribution in [2.24, 2.45) is 0 Å². The van der Waals surface area contributed by atoms with Gasteiger partial charge in [0, 0.05) is 19.2 Å². The van der Waals surface area contributed by atoms with Crippen molar-refractivity contribution >= 4 is 34.9 Å². The molecule has 3 rings (SSSR count). The van der Waals surface area contributed by atoms with E-state index in [0.717, 1.165) is 5.56 Å². The van der Waals surface area contributed by atoms with Gasteiger partial charge in [0.25, 0.3) is 5.91 Å². The summed E-state index contributed by atoms with van der Waals surface area (Å²) in [5.41, 5.74) is 2.00. The molecular weight excluding hydrogens is 324 g/mol. The number of rotatable bonds is 4. The maximum absolute atomic E-state index is 12.6. The number of para-hydroxylation sites is 1. The third kappa shape index (κ3) is 4.10. The molecule has 2 heterocycles. The van der Waals surface area contributed by atoms with E-state index in [9.17, 15) is 9.59 Å². The van der Waals surface area contributed by atoms with Crippen LogP contribution >= 0.6 is 11.3 Å². The molecule has 1 aromatic heterocycles. The smallest absolute Gasteiger partial charge is 0.256 e. The number of thiophene rings is 1. The second kappa shape index (κ2) is 7.90. The molecule has 1 saturated heterocycles. The molecule has 0 radical (unpaired) electrons. The van der Waals surface area contributed by atoms with Gasteiger partial charge in [-0.3, -0.25) is 9.59 Å². The highest BCUT2D eigenvalue weighted by Gasteiger charge is 2.21. The van der Waals surface area contributed by atoms with Gasteiger partial charge < -0.3 is 15.0 Å². The summed E-state index contributed by atoms with van der Waals surface area (Å²) < 4.78 is 5.28. The van der Waals surface area contributed by atoms with E-state index in [1.807, 2.05) is 16.8 Å². The van der Waals surface area contributed by atoms with E-state index in [1.54, 1.807) is 46.6 Å². The number of hydrogen-bond acceptors (Lipinski definition) is 4. The zero-order valence-corrected chi connectivity index (χ0v) is 13.9. The number of anilines is 1. The summed E-state index contributed by atoms with van der Waals surface area (Å²) in [7, 11) is 0. The van der Waals surface area contributed by atoms with E-state index in [4.69, 9.17) is 4.74 Å². The minimum absolute atomic E-state index is 0.0870. The molecular formula is C18H18N2O3S. The Kier molecular flexibility index (Phi) is 5.40. The average molecular weight is 342 g/mol. The van der Waals surface area contributed by atoms with Crippen LogP contribution in [-0.4, -0.2) is 43.0 Å². The van der Waals surface area contributed by atoms with Crippen molar-refractivity contribution in [1.82, 2.24) is 4.90 Å². The zero-order chi connectivity index (χ0) is 16.8. The summed E-state index contributed by atoms with van der Waals surface area (Å²) >= 11 is 1.57. The Hall–Kier alpha value is -2.44. The molecule has 24 heavy (non-hydrogen) atoms. The Morgan fingerprint density at radius 2 is 1.96 bits per heavy atom. The maximum Gasteiger partial charge on any atom is 0.256 e. The first kappa shape index (κ1) is 16.4. The molecule has 0 unspecified atom stereocenters. The van der Waals surface area contributed by atoms with Gasteiger partial charge in [-0.2, -0.15) is 11.3 Å². The predicted molar refractivity (Wildman–Crippen MR) is 95.1 cm³/mol. The van der Waals surface area contributed by atoms with Crippen LogP contribution in [0.5, 0.6) is 0 Å². The molecule has 1 aromatic carbocycles. The number of carbonyl (C=O) groups excluding carboxylic acids is 2. The van der Waals surface area contributed by atoms with Crippen LogP contribution in [0.1, 0.15) is 15.9 Å². The minimum Gasteiger partial charge on any atom is -0.378 e. The van der Waals surface area contributed by atoms with Crippen LogP contribution in [0.4, 0.5) is 5.69 Å². The van der Waals surface area contributed by atoms with Crippen molar-refractivity contribution in [2.45, 2.75) is 0 Å². The van der Waals surface area contributed by atoms with E-state index >= 15 is 0 Å². The minimum atomic E-state index is -0.261. The number of ether oxygens (including phenoxy) is 1. The SMILES string of the molecule is O=C(/C=C/c1ccsc1)Nc1ccccc1C(=O)N1CCOCC1. The Labute approximate surface area is 144 Å². The van der Waals surface area contributed by atoms with Gasteiger partial charge in [0.15, 0.2) is 0 Å². The van der Waals surface area contributed by atoms with Crippen LogP contribution < -0.4 is 5.32 Å². The van der Waals surface area contributed by atoms with Gasteiger partial charge in [-0.1, -0.05) is 12.1 Å². The van der Waals surface area contributed by atoms with Crippen LogP contribution in [0, 0.1) is 0 Å². The van der Waals surface area contributed by atoms with Crippen LogP contribution in [-0.2, 0) is 9.53 Å². The summed E-state index contributed by atoms with van der Waals surface area (Å²) in [6, 6.07) is 9.00. The van der Waals surface area contributed by atoms with Crippen molar-refractivity contribution in [3.8, 4) is 0 Å². The standard InChI is InChI=1S/C18H18N2O3S/c21-17(6-5-14-7-12-24-13-14)19-16-4-2-1-3-15(16)18(22)20-8-10-23-11-9-20/h1-7,12-13H,8-11H2,(H,19,21)/b6-5+. The van der Waals surface area contributed by atoms with Gasteiger partial charge >= 0.3 is 0 Å². The third-order valence-electron chi connectivity index (χ3n) is 3.68. The number of nitrogens with one attached hydrogen (secondary N) is 1. The summed E-state index contributed by atoms with van der Waals surface area (Å²) in [6.45, 7) is 2.23. The molecule has 124 valence electrons. The summed E-state index contributed by atoms with van der Waals surface area (Å²) in [5.74, 6) is -0.348. The second-order valence-corrected chi connectivity index (χ2v) is 6.11. The van der Waals surface area contributed by atoms with E-state index in [1.165, 1.54) is 6.08 Å². The first-order valence-corrected chi connectivity index (χ1v) is 8.65. The van der Waals surface area contributed by atoms with Crippen molar-refractivity contribution < 1.29 is 14.3 Å². The normalized spacial score (nSPS) is 14.8. The average Bonchev–Trinajstić information content (AvgIpc) is 3.14. The molecule has 1 aliphatic heterocycles. The fraction of sp³-hybridized carbons (Fsp3) is 0.222. The topological polar surface area (TPSA) is 58.6 Å². The Balaban J connectivity index is 1.71. The van der Waals surface area contributed by atoms with Crippen LogP contribution in [0.25, 0.3) is 6.08 Å². The zero-order valence-electron chi connectivity index (χ0n) is 13.1. The van der Waals surface area contributed by atoms with Crippen LogP contribution in [0.3, 0.4) is 0 Å². The molecule has 2 amide bonds. The summed E-state index contributed by atoms with van der Waals surface area (Å²) in [4.78, 5) is 26.5. The number of benzene rings is 1. The molecule has 2 aromatic rings.